The van der Waals surface area contributed by atoms with Gasteiger partial charge in [-0.3, -0.25) is 19.4 Å². The first kappa shape index (κ1) is 30.0. The molecule has 1 spiro atoms. The van der Waals surface area contributed by atoms with E-state index in [0.29, 0.717) is 41.9 Å². The number of sulfonamides is 1. The van der Waals surface area contributed by atoms with Crippen molar-refractivity contribution in [2.24, 2.45) is 4.99 Å². The number of nitrogens with one attached hydrogen (secondary N) is 1. The van der Waals surface area contributed by atoms with Crippen molar-refractivity contribution in [2.75, 3.05) is 11.8 Å². The Labute approximate surface area is 250 Å². The van der Waals surface area contributed by atoms with Gasteiger partial charge in [0, 0.05) is 28.1 Å². The average molecular weight is 617 g/mol. The molecule has 1 aliphatic heterocycles. The number of methoxy groups -OCH3 is 1. The fraction of sp³-hybridized carbons (Fsp3) is 0.433. The topological polar surface area (TPSA) is 114 Å². The molecule has 0 saturated heterocycles. The van der Waals surface area contributed by atoms with Crippen molar-refractivity contribution in [3.8, 4) is 16.9 Å². The molecule has 2 aliphatic rings. The summed E-state index contributed by atoms with van der Waals surface area (Å²) in [6, 6.07) is 6.90. The van der Waals surface area contributed by atoms with Crippen molar-refractivity contribution in [3.05, 3.63) is 58.1 Å². The lowest BCUT2D eigenvalue weighted by Gasteiger charge is -2.23. The summed E-state index contributed by atoms with van der Waals surface area (Å²) >= 11 is 6.71. The minimum absolute atomic E-state index is 0.0315. The zero-order valence-corrected chi connectivity index (χ0v) is 25.7. The lowest BCUT2D eigenvalue weighted by atomic mass is 9.98. The molecule has 5 rings (SSSR count). The van der Waals surface area contributed by atoms with Gasteiger partial charge in [0.1, 0.15) is 28.7 Å². The van der Waals surface area contributed by atoms with E-state index in [4.69, 9.17) is 25.9 Å². The number of aromatic nitrogens is 1. The summed E-state index contributed by atoms with van der Waals surface area (Å²) in [6.45, 7) is 5.50. The van der Waals surface area contributed by atoms with Gasteiger partial charge in [-0.1, -0.05) is 42.9 Å². The number of hydrogen-bond donors (Lipinski definition) is 1. The highest BCUT2D eigenvalue weighted by Crippen LogP contribution is 2.41. The third-order valence-electron chi connectivity index (χ3n) is 8.10. The molecular weight excluding hydrogens is 583 g/mol. The first-order chi connectivity index (χ1) is 20.0. The molecule has 1 aliphatic carbocycles. The highest BCUT2D eigenvalue weighted by molar-refractivity contribution is 7.92. The summed E-state index contributed by atoms with van der Waals surface area (Å²) in [5, 5.41) is 3.98. The van der Waals surface area contributed by atoms with Gasteiger partial charge in [0.15, 0.2) is 5.82 Å². The molecule has 2 aromatic carbocycles. The molecule has 12 heteroatoms. The smallest absolute Gasteiger partial charge is 0.263 e. The van der Waals surface area contributed by atoms with E-state index in [1.807, 2.05) is 0 Å². The molecule has 1 fully saturated rings. The standard InChI is InChI=1S/C30H34ClFN4O5S/c1-5-6-9-27-33-30(12-7-8-13-30)29(37)36(27)17-20-14-25(32)22(16-24(20)31)23-15-21(40-4)10-11-26(23)42(38,39)35-28-18(2)19(3)41-34-28/h10-11,14-16H,5-9,12-13,17H2,1-4H3,(H,34,35). The number of hydrogen-bond acceptors (Lipinski definition) is 7. The minimum atomic E-state index is -4.23. The number of carbonyl (C=O) groups is 1. The molecule has 9 nitrogen and oxygen atoms in total. The van der Waals surface area contributed by atoms with Crippen LogP contribution in [-0.2, 0) is 21.4 Å². The van der Waals surface area contributed by atoms with Gasteiger partial charge < -0.3 is 9.26 Å². The van der Waals surface area contributed by atoms with Crippen molar-refractivity contribution in [2.45, 2.75) is 82.7 Å². The Hall–Kier alpha value is -3.44. The summed E-state index contributed by atoms with van der Waals surface area (Å²) in [4.78, 5) is 19.9. The molecule has 0 radical (unpaired) electrons. The second kappa shape index (κ2) is 11.7. The lowest BCUT2D eigenvalue weighted by Crippen LogP contribution is -2.40. The number of aryl methyl sites for hydroxylation is 1. The number of halogens is 2. The molecule has 1 saturated carbocycles. The Morgan fingerprint density at radius 2 is 1.90 bits per heavy atom. The van der Waals surface area contributed by atoms with Gasteiger partial charge in [-0.2, -0.15) is 0 Å². The van der Waals surface area contributed by atoms with Crippen molar-refractivity contribution < 1.29 is 26.9 Å². The van der Waals surface area contributed by atoms with Crippen LogP contribution in [0.1, 0.15) is 68.8 Å². The zero-order valence-electron chi connectivity index (χ0n) is 24.1. The van der Waals surface area contributed by atoms with Gasteiger partial charge >= 0.3 is 0 Å². The Bertz CT molecular complexity index is 1660. The normalized spacial score (nSPS) is 16.4. The molecule has 1 aromatic heterocycles. The molecular formula is C30H34ClFN4O5S. The molecule has 0 bridgehead atoms. The predicted octanol–water partition coefficient (Wildman–Crippen LogP) is 6.80. The van der Waals surface area contributed by atoms with Crippen LogP contribution in [0.2, 0.25) is 5.02 Å². The van der Waals surface area contributed by atoms with E-state index in [2.05, 4.69) is 16.8 Å². The number of unbranched alkanes of at least 4 members (excludes halogenated alkanes) is 1. The summed E-state index contributed by atoms with van der Waals surface area (Å²) in [6.07, 6.45) is 5.82. The number of rotatable bonds is 10. The Balaban J connectivity index is 1.51. The molecule has 1 amide bonds. The summed E-state index contributed by atoms with van der Waals surface area (Å²) in [7, 11) is -2.80. The van der Waals surface area contributed by atoms with Crippen molar-refractivity contribution in [3.63, 3.8) is 0 Å². The van der Waals surface area contributed by atoms with Crippen molar-refractivity contribution in [1.29, 1.82) is 0 Å². The van der Waals surface area contributed by atoms with Crippen LogP contribution in [0.25, 0.3) is 11.1 Å². The SMILES string of the molecule is CCCCC1=NC2(CCCC2)C(=O)N1Cc1cc(F)c(-c2cc(OC)ccc2S(=O)(=O)Nc2noc(C)c2C)cc1Cl. The number of anilines is 1. The van der Waals surface area contributed by atoms with Crippen molar-refractivity contribution in [1.82, 2.24) is 10.1 Å². The third-order valence-corrected chi connectivity index (χ3v) is 9.85. The molecule has 0 unspecified atom stereocenters. The monoisotopic (exact) mass is 616 g/mol. The van der Waals surface area contributed by atoms with E-state index in [1.54, 1.807) is 18.7 Å². The van der Waals surface area contributed by atoms with Crippen LogP contribution in [0.4, 0.5) is 10.2 Å². The zero-order chi connectivity index (χ0) is 30.2. The summed E-state index contributed by atoms with van der Waals surface area (Å²) in [5.74, 6) is 0.806. The highest BCUT2D eigenvalue weighted by atomic mass is 35.5. The fourth-order valence-electron chi connectivity index (χ4n) is 5.56. The van der Waals surface area contributed by atoms with Crippen LogP contribution < -0.4 is 9.46 Å². The second-order valence-electron chi connectivity index (χ2n) is 10.9. The minimum Gasteiger partial charge on any atom is -0.497 e. The van der Waals surface area contributed by atoms with E-state index in [0.717, 1.165) is 31.5 Å². The number of carbonyl (C=O) groups excluding carboxylic acids is 1. The van der Waals surface area contributed by atoms with E-state index in [1.165, 1.54) is 37.4 Å². The number of amidine groups is 1. The number of amides is 1. The summed E-state index contributed by atoms with van der Waals surface area (Å²) in [5.41, 5.74) is 0.245. The molecule has 224 valence electrons. The van der Waals surface area contributed by atoms with Gasteiger partial charge in [0.2, 0.25) is 0 Å². The maximum absolute atomic E-state index is 15.9. The number of nitrogens with zero attached hydrogens (tertiary/aromatic N) is 3. The number of aliphatic imine (C=N–C) groups is 1. The van der Waals surface area contributed by atoms with Crippen molar-refractivity contribution >= 4 is 39.2 Å². The first-order valence-electron chi connectivity index (χ1n) is 14.0. The summed E-state index contributed by atoms with van der Waals surface area (Å²) < 4.78 is 55.7. The Kier molecular flexibility index (Phi) is 8.35. The van der Waals surface area contributed by atoms with E-state index >= 15 is 4.39 Å². The maximum Gasteiger partial charge on any atom is 0.263 e. The van der Waals surface area contributed by atoms with Crippen LogP contribution >= 0.6 is 11.6 Å². The van der Waals surface area contributed by atoms with Gasteiger partial charge in [0.25, 0.3) is 15.9 Å². The Morgan fingerprint density at radius 1 is 1.17 bits per heavy atom. The largest absolute Gasteiger partial charge is 0.497 e. The quantitative estimate of drug-likeness (QED) is 0.268. The van der Waals surface area contributed by atoms with Crippen LogP contribution in [0.3, 0.4) is 0 Å². The lowest BCUT2D eigenvalue weighted by molar-refractivity contribution is -0.131. The predicted molar refractivity (Wildman–Crippen MR) is 159 cm³/mol. The second-order valence-corrected chi connectivity index (χ2v) is 12.9. The van der Waals surface area contributed by atoms with Gasteiger partial charge in [-0.05, 0) is 69.0 Å². The van der Waals surface area contributed by atoms with Crippen LogP contribution in [-0.4, -0.2) is 42.9 Å². The molecule has 3 aromatic rings. The maximum atomic E-state index is 15.9. The first-order valence-corrected chi connectivity index (χ1v) is 15.9. The van der Waals surface area contributed by atoms with Gasteiger partial charge in [-0.25, -0.2) is 12.8 Å². The van der Waals surface area contributed by atoms with E-state index in [9.17, 15) is 13.2 Å². The molecule has 1 N–H and O–H groups in total. The van der Waals surface area contributed by atoms with Gasteiger partial charge in [0.05, 0.1) is 18.6 Å². The highest BCUT2D eigenvalue weighted by Gasteiger charge is 2.49. The van der Waals surface area contributed by atoms with Crippen LogP contribution in [0.15, 0.2) is 44.7 Å². The number of ether oxygens (including phenoxy) is 1. The Morgan fingerprint density at radius 3 is 2.55 bits per heavy atom. The fourth-order valence-corrected chi connectivity index (χ4v) is 7.04. The van der Waals surface area contributed by atoms with Crippen LogP contribution in [0, 0.1) is 19.7 Å². The van der Waals surface area contributed by atoms with E-state index < -0.39 is 21.4 Å². The van der Waals surface area contributed by atoms with E-state index in [-0.39, 0.29) is 39.3 Å². The molecule has 2 heterocycles. The molecule has 42 heavy (non-hydrogen) atoms. The van der Waals surface area contributed by atoms with Gasteiger partial charge in [-0.15, -0.1) is 0 Å². The number of benzene rings is 2. The molecule has 0 atom stereocenters. The third kappa shape index (κ3) is 5.51. The average Bonchev–Trinajstić information content (AvgIpc) is 3.64. The van der Waals surface area contributed by atoms with Crippen LogP contribution in [0.5, 0.6) is 5.75 Å².